The Morgan fingerprint density at radius 3 is 1.81 bits per heavy atom. The standard InChI is InChI=1S/C26H23F3N4O2S/c27-26(28,29)22-17-33-24(35-18-22)23(16-31-33)36(30,34)32-25(19-10-4-1-5-11-19,20-12-6-2-7-13-20)21-14-8-3-9-15-21/h1-16,22H,17-18H2,(H2,30,32,34). The van der Waals surface area contributed by atoms with Crippen LogP contribution >= 0.6 is 0 Å². The fourth-order valence-electron chi connectivity index (χ4n) is 4.42. The summed E-state index contributed by atoms with van der Waals surface area (Å²) >= 11 is 0. The maximum absolute atomic E-state index is 14.2. The van der Waals surface area contributed by atoms with Crippen molar-refractivity contribution in [1.82, 2.24) is 9.78 Å². The van der Waals surface area contributed by atoms with Crippen molar-refractivity contribution in [3.63, 3.8) is 0 Å². The van der Waals surface area contributed by atoms with Crippen molar-refractivity contribution in [2.24, 2.45) is 15.4 Å². The first kappa shape index (κ1) is 24.1. The average Bonchev–Trinajstić information content (AvgIpc) is 3.33. The molecule has 2 atom stereocenters. The van der Waals surface area contributed by atoms with E-state index in [-0.39, 0.29) is 10.8 Å². The third-order valence-electron chi connectivity index (χ3n) is 6.20. The van der Waals surface area contributed by atoms with E-state index in [9.17, 15) is 17.4 Å². The van der Waals surface area contributed by atoms with Gasteiger partial charge in [0.1, 0.15) is 32.9 Å². The Hall–Kier alpha value is -3.63. The molecule has 0 amide bonds. The van der Waals surface area contributed by atoms with E-state index in [2.05, 4.69) is 5.10 Å². The van der Waals surface area contributed by atoms with Crippen LogP contribution in [0.5, 0.6) is 5.88 Å². The van der Waals surface area contributed by atoms with Gasteiger partial charge in [0.2, 0.25) is 5.88 Å². The quantitative estimate of drug-likeness (QED) is 0.376. The number of aromatic nitrogens is 2. The summed E-state index contributed by atoms with van der Waals surface area (Å²) in [6.45, 7) is -1.06. The summed E-state index contributed by atoms with van der Waals surface area (Å²) in [5.41, 5.74) is 0.882. The minimum absolute atomic E-state index is 0.0460. The Morgan fingerprint density at radius 2 is 1.36 bits per heavy atom. The maximum atomic E-state index is 14.2. The second-order valence-corrected chi connectivity index (χ2v) is 10.3. The molecule has 5 rings (SSSR count). The first-order chi connectivity index (χ1) is 17.2. The van der Waals surface area contributed by atoms with Crippen LogP contribution in [0.15, 0.2) is 106 Å². The fourth-order valence-corrected chi connectivity index (χ4v) is 5.86. The number of benzene rings is 3. The van der Waals surface area contributed by atoms with Gasteiger partial charge >= 0.3 is 6.18 Å². The number of ether oxygens (including phenoxy) is 1. The van der Waals surface area contributed by atoms with Crippen LogP contribution in [0.1, 0.15) is 16.7 Å². The highest BCUT2D eigenvalue weighted by Gasteiger charge is 2.44. The summed E-state index contributed by atoms with van der Waals surface area (Å²) in [6.07, 6.45) is -3.26. The SMILES string of the molecule is NS(=O)(=NC(c1ccccc1)(c1ccccc1)c1ccccc1)c1cnn2c1OCC(C(F)(F)F)C2. The first-order valence-corrected chi connectivity index (χ1v) is 12.8. The minimum atomic E-state index is -4.44. The molecule has 10 heteroatoms. The molecule has 3 aromatic carbocycles. The van der Waals surface area contributed by atoms with Gasteiger partial charge < -0.3 is 4.74 Å². The van der Waals surface area contributed by atoms with E-state index in [1.165, 1.54) is 6.20 Å². The van der Waals surface area contributed by atoms with E-state index in [1.54, 1.807) is 0 Å². The number of hydrogen-bond acceptors (Lipinski definition) is 4. The minimum Gasteiger partial charge on any atom is -0.476 e. The lowest BCUT2D eigenvalue weighted by Gasteiger charge is -2.32. The molecule has 6 nitrogen and oxygen atoms in total. The lowest BCUT2D eigenvalue weighted by molar-refractivity contribution is -0.191. The Bertz CT molecular complexity index is 1370. The summed E-state index contributed by atoms with van der Waals surface area (Å²) in [4.78, 5) is -0.0460. The number of halogens is 3. The van der Waals surface area contributed by atoms with Crippen LogP contribution in [0.2, 0.25) is 0 Å². The highest BCUT2D eigenvalue weighted by molar-refractivity contribution is 7.91. The maximum Gasteiger partial charge on any atom is 0.396 e. The van der Waals surface area contributed by atoms with Gasteiger partial charge in [-0.25, -0.2) is 14.0 Å². The number of alkyl halides is 3. The summed E-state index contributed by atoms with van der Waals surface area (Å²) in [5.74, 6) is -1.78. The van der Waals surface area contributed by atoms with Crippen LogP contribution in [-0.4, -0.2) is 26.8 Å². The molecule has 4 aromatic rings. The van der Waals surface area contributed by atoms with Gasteiger partial charge in [0.05, 0.1) is 12.7 Å². The Kier molecular flexibility index (Phi) is 6.09. The molecule has 0 aliphatic carbocycles. The molecule has 0 bridgehead atoms. The largest absolute Gasteiger partial charge is 0.476 e. The topological polar surface area (TPSA) is 82.5 Å². The predicted molar refractivity (Wildman–Crippen MR) is 129 cm³/mol. The molecule has 2 heterocycles. The molecule has 36 heavy (non-hydrogen) atoms. The fraction of sp³-hybridized carbons (Fsp3) is 0.192. The molecule has 2 N–H and O–H groups in total. The van der Waals surface area contributed by atoms with Gasteiger partial charge in [-0.3, -0.25) is 0 Å². The second kappa shape index (κ2) is 9.11. The van der Waals surface area contributed by atoms with Gasteiger partial charge in [-0.15, -0.1) is 0 Å². The van der Waals surface area contributed by atoms with Gasteiger partial charge in [-0.2, -0.15) is 22.6 Å². The van der Waals surface area contributed by atoms with Crippen LogP contribution in [0.25, 0.3) is 0 Å². The lowest BCUT2D eigenvalue weighted by atomic mass is 9.78. The van der Waals surface area contributed by atoms with Gasteiger partial charge in [-0.1, -0.05) is 91.0 Å². The van der Waals surface area contributed by atoms with Gasteiger partial charge in [0, 0.05) is 0 Å². The average molecular weight is 513 g/mol. The van der Waals surface area contributed by atoms with Crippen molar-refractivity contribution in [2.75, 3.05) is 6.61 Å². The molecule has 0 saturated carbocycles. The molecule has 186 valence electrons. The number of fused-ring (bicyclic) bond motifs is 1. The molecule has 1 aliphatic heterocycles. The predicted octanol–water partition coefficient (Wildman–Crippen LogP) is 5.15. The molecule has 1 aliphatic rings. The molecule has 0 spiro atoms. The van der Waals surface area contributed by atoms with Crippen molar-refractivity contribution < 1.29 is 22.1 Å². The smallest absolute Gasteiger partial charge is 0.396 e. The van der Waals surface area contributed by atoms with E-state index in [4.69, 9.17) is 14.2 Å². The van der Waals surface area contributed by atoms with Gasteiger partial charge in [0.15, 0.2) is 0 Å². The van der Waals surface area contributed by atoms with E-state index in [0.29, 0.717) is 0 Å². The van der Waals surface area contributed by atoms with Crippen molar-refractivity contribution >= 4 is 9.92 Å². The van der Waals surface area contributed by atoms with Crippen LogP contribution in [0, 0.1) is 5.92 Å². The first-order valence-electron chi connectivity index (χ1n) is 11.2. The zero-order valence-corrected chi connectivity index (χ0v) is 19.8. The molecular formula is C26H23F3N4O2S. The summed E-state index contributed by atoms with van der Waals surface area (Å²) in [7, 11) is -3.73. The number of nitrogens with zero attached hydrogens (tertiary/aromatic N) is 3. The van der Waals surface area contributed by atoms with Crippen molar-refractivity contribution in [3.8, 4) is 5.88 Å². The third-order valence-corrected chi connectivity index (χ3v) is 7.65. The molecule has 0 radical (unpaired) electrons. The van der Waals surface area contributed by atoms with Crippen LogP contribution in [-0.2, 0) is 22.0 Å². The molecule has 1 aromatic heterocycles. The highest BCUT2D eigenvalue weighted by Crippen LogP contribution is 2.43. The van der Waals surface area contributed by atoms with Crippen LogP contribution < -0.4 is 9.88 Å². The van der Waals surface area contributed by atoms with Gasteiger partial charge in [-0.05, 0) is 16.7 Å². The van der Waals surface area contributed by atoms with E-state index < -0.39 is 40.7 Å². The Labute approximate surface area is 206 Å². The second-order valence-electron chi connectivity index (χ2n) is 8.51. The molecular weight excluding hydrogens is 489 g/mol. The monoisotopic (exact) mass is 512 g/mol. The summed E-state index contributed by atoms with van der Waals surface area (Å²) in [6, 6.07) is 27.9. The van der Waals surface area contributed by atoms with Gasteiger partial charge in [0.25, 0.3) is 0 Å². The number of rotatable bonds is 5. The van der Waals surface area contributed by atoms with Crippen molar-refractivity contribution in [3.05, 3.63) is 114 Å². The zero-order valence-electron chi connectivity index (χ0n) is 19.0. The highest BCUT2D eigenvalue weighted by atomic mass is 32.2. The van der Waals surface area contributed by atoms with Crippen molar-refractivity contribution in [2.45, 2.75) is 23.2 Å². The van der Waals surface area contributed by atoms with Crippen LogP contribution in [0.4, 0.5) is 13.2 Å². The Morgan fingerprint density at radius 1 is 0.889 bits per heavy atom. The Balaban J connectivity index is 1.75. The zero-order chi connectivity index (χ0) is 25.4. The summed E-state index contributed by atoms with van der Waals surface area (Å²) < 4.78 is 65.2. The third kappa shape index (κ3) is 4.27. The number of hydrogen-bond donors (Lipinski definition) is 1. The molecule has 2 unspecified atom stereocenters. The van der Waals surface area contributed by atoms with Crippen LogP contribution in [0.3, 0.4) is 0 Å². The van der Waals surface area contributed by atoms with E-state index in [1.807, 2.05) is 91.0 Å². The molecule has 0 saturated heterocycles. The number of nitrogens with two attached hydrogens (primary N) is 1. The van der Waals surface area contributed by atoms with E-state index in [0.717, 1.165) is 21.4 Å². The lowest BCUT2D eigenvalue weighted by Crippen LogP contribution is -2.37. The summed E-state index contributed by atoms with van der Waals surface area (Å²) in [5, 5.41) is 10.4. The van der Waals surface area contributed by atoms with Crippen molar-refractivity contribution in [1.29, 1.82) is 0 Å². The normalized spacial score (nSPS) is 17.5. The van der Waals surface area contributed by atoms with E-state index >= 15 is 0 Å². The molecule has 0 fully saturated rings.